The summed E-state index contributed by atoms with van der Waals surface area (Å²) in [6.45, 7) is 2.42. The zero-order valence-corrected chi connectivity index (χ0v) is 12.3. The van der Waals surface area contributed by atoms with E-state index in [1.165, 1.54) is 0 Å². The van der Waals surface area contributed by atoms with Crippen molar-refractivity contribution < 1.29 is 4.79 Å². The zero-order chi connectivity index (χ0) is 14.7. The van der Waals surface area contributed by atoms with Crippen molar-refractivity contribution in [1.29, 1.82) is 0 Å². The Morgan fingerprint density at radius 2 is 2.24 bits per heavy atom. The first-order valence-electron chi connectivity index (χ1n) is 6.60. The van der Waals surface area contributed by atoms with Gasteiger partial charge in [0.15, 0.2) is 5.82 Å². The highest BCUT2D eigenvalue weighted by Crippen LogP contribution is 2.31. The minimum atomic E-state index is -0.278. The van der Waals surface area contributed by atoms with Gasteiger partial charge in [0, 0.05) is 29.9 Å². The summed E-state index contributed by atoms with van der Waals surface area (Å²) in [5.74, 6) is 0.468. The highest BCUT2D eigenvalue weighted by Gasteiger charge is 2.12. The first kappa shape index (κ1) is 13.5. The number of thiophene rings is 1. The molecule has 3 rings (SSSR count). The zero-order valence-electron chi connectivity index (χ0n) is 11.5. The van der Waals surface area contributed by atoms with Crippen LogP contribution in [0.15, 0.2) is 41.4 Å². The van der Waals surface area contributed by atoms with Crippen molar-refractivity contribution in [3.8, 4) is 11.1 Å². The lowest BCUT2D eigenvalue weighted by atomic mass is 10.1. The third-order valence-corrected chi connectivity index (χ3v) is 3.73. The fraction of sp³-hybridized carbons (Fsp3) is 0.133. The Bertz CT molecular complexity index is 770. The molecule has 0 aliphatic rings. The van der Waals surface area contributed by atoms with Crippen LogP contribution in [0.25, 0.3) is 22.0 Å². The van der Waals surface area contributed by atoms with Gasteiger partial charge in [0.2, 0.25) is 0 Å². The van der Waals surface area contributed by atoms with E-state index >= 15 is 0 Å². The van der Waals surface area contributed by atoms with E-state index in [2.05, 4.69) is 26.0 Å². The number of fused-ring (bicyclic) bond motifs is 1. The number of pyridine rings is 2. The molecule has 0 saturated carbocycles. The second kappa shape index (κ2) is 5.88. The minimum absolute atomic E-state index is 0.278. The van der Waals surface area contributed by atoms with Crippen LogP contribution in [0.3, 0.4) is 0 Å². The Morgan fingerprint density at radius 3 is 3.00 bits per heavy atom. The minimum Gasteiger partial charge on any atom is -0.338 e. The molecule has 0 unspecified atom stereocenters. The SMILES string of the molecule is CCNC(=O)Nc1ncc(-c2ccsc2)c2cccnc12. The normalized spacial score (nSPS) is 10.5. The van der Waals surface area contributed by atoms with E-state index in [-0.39, 0.29) is 6.03 Å². The summed E-state index contributed by atoms with van der Waals surface area (Å²) in [6.07, 6.45) is 3.47. The van der Waals surface area contributed by atoms with E-state index < -0.39 is 0 Å². The molecule has 0 aromatic carbocycles. The Labute approximate surface area is 126 Å². The molecule has 2 N–H and O–H groups in total. The van der Waals surface area contributed by atoms with Gasteiger partial charge < -0.3 is 5.32 Å². The monoisotopic (exact) mass is 298 g/mol. The number of carbonyl (C=O) groups is 1. The molecule has 0 spiro atoms. The Hall–Kier alpha value is -2.47. The average molecular weight is 298 g/mol. The fourth-order valence-corrected chi connectivity index (χ4v) is 2.78. The van der Waals surface area contributed by atoms with E-state index in [0.29, 0.717) is 17.9 Å². The van der Waals surface area contributed by atoms with Crippen LogP contribution in [-0.4, -0.2) is 22.5 Å². The highest BCUT2D eigenvalue weighted by atomic mass is 32.1. The van der Waals surface area contributed by atoms with Crippen LogP contribution in [0, 0.1) is 0 Å². The van der Waals surface area contributed by atoms with Crippen LogP contribution >= 0.6 is 11.3 Å². The van der Waals surface area contributed by atoms with Crippen molar-refractivity contribution in [3.63, 3.8) is 0 Å². The molecule has 0 fully saturated rings. The van der Waals surface area contributed by atoms with Crippen molar-refractivity contribution >= 4 is 34.1 Å². The maximum atomic E-state index is 11.7. The van der Waals surface area contributed by atoms with Crippen molar-refractivity contribution in [2.24, 2.45) is 0 Å². The standard InChI is InChI=1S/C15H14N4OS/c1-2-16-15(20)19-14-13-11(4-3-6-17-13)12(8-18-14)10-5-7-21-9-10/h3-9H,2H2,1H3,(H2,16,18,19,20). The number of rotatable bonds is 3. The van der Waals surface area contributed by atoms with Gasteiger partial charge in [0.1, 0.15) is 5.52 Å². The summed E-state index contributed by atoms with van der Waals surface area (Å²) in [7, 11) is 0. The maximum absolute atomic E-state index is 11.7. The van der Waals surface area contributed by atoms with Crippen molar-refractivity contribution in [2.45, 2.75) is 6.92 Å². The number of carbonyl (C=O) groups excluding carboxylic acids is 1. The molecule has 2 amide bonds. The average Bonchev–Trinajstić information content (AvgIpc) is 3.02. The van der Waals surface area contributed by atoms with Crippen LogP contribution in [-0.2, 0) is 0 Å². The van der Waals surface area contributed by atoms with Gasteiger partial charge >= 0.3 is 6.03 Å². The predicted octanol–water partition coefficient (Wildman–Crippen LogP) is 3.50. The summed E-state index contributed by atoms with van der Waals surface area (Å²) in [5.41, 5.74) is 2.81. The van der Waals surface area contributed by atoms with Crippen LogP contribution in [0.4, 0.5) is 10.6 Å². The first-order valence-corrected chi connectivity index (χ1v) is 7.55. The molecule has 0 saturated heterocycles. The Kier molecular flexibility index (Phi) is 3.79. The quantitative estimate of drug-likeness (QED) is 0.777. The van der Waals surface area contributed by atoms with E-state index in [1.54, 1.807) is 23.7 Å². The van der Waals surface area contributed by atoms with Gasteiger partial charge in [0.25, 0.3) is 0 Å². The number of anilines is 1. The molecular formula is C15H14N4OS. The molecule has 3 aromatic heterocycles. The molecule has 21 heavy (non-hydrogen) atoms. The van der Waals surface area contributed by atoms with E-state index in [1.807, 2.05) is 30.5 Å². The number of aromatic nitrogens is 2. The molecule has 5 nitrogen and oxygen atoms in total. The third kappa shape index (κ3) is 2.71. The lowest BCUT2D eigenvalue weighted by Crippen LogP contribution is -2.28. The third-order valence-electron chi connectivity index (χ3n) is 3.05. The van der Waals surface area contributed by atoms with Gasteiger partial charge in [-0.3, -0.25) is 10.3 Å². The van der Waals surface area contributed by atoms with E-state index in [9.17, 15) is 4.79 Å². The number of hydrogen-bond donors (Lipinski definition) is 2. The summed E-state index contributed by atoms with van der Waals surface area (Å²) >= 11 is 1.64. The molecule has 0 radical (unpaired) electrons. The lowest BCUT2D eigenvalue weighted by molar-refractivity contribution is 0.252. The second-order valence-electron chi connectivity index (χ2n) is 4.42. The van der Waals surface area contributed by atoms with Crippen LogP contribution in [0.2, 0.25) is 0 Å². The van der Waals surface area contributed by atoms with Gasteiger partial charge in [-0.05, 0) is 35.4 Å². The van der Waals surface area contributed by atoms with E-state index in [4.69, 9.17) is 0 Å². The van der Waals surface area contributed by atoms with Gasteiger partial charge in [-0.2, -0.15) is 11.3 Å². The van der Waals surface area contributed by atoms with Gasteiger partial charge in [-0.1, -0.05) is 6.07 Å². The van der Waals surface area contributed by atoms with Crippen LogP contribution in [0.1, 0.15) is 6.92 Å². The Morgan fingerprint density at radius 1 is 1.33 bits per heavy atom. The molecule has 3 aromatic rings. The molecule has 6 heteroatoms. The second-order valence-corrected chi connectivity index (χ2v) is 5.20. The molecule has 106 valence electrons. The highest BCUT2D eigenvalue weighted by molar-refractivity contribution is 7.08. The fourth-order valence-electron chi connectivity index (χ4n) is 2.12. The molecule has 0 aliphatic carbocycles. The van der Waals surface area contributed by atoms with Crippen molar-refractivity contribution in [3.05, 3.63) is 41.4 Å². The maximum Gasteiger partial charge on any atom is 0.320 e. The van der Waals surface area contributed by atoms with Crippen LogP contribution < -0.4 is 10.6 Å². The number of amides is 2. The molecule has 3 heterocycles. The van der Waals surface area contributed by atoms with Gasteiger partial charge in [-0.25, -0.2) is 9.78 Å². The van der Waals surface area contributed by atoms with Gasteiger partial charge in [-0.15, -0.1) is 0 Å². The summed E-state index contributed by atoms with van der Waals surface area (Å²) in [6, 6.07) is 5.64. The number of nitrogens with one attached hydrogen (secondary N) is 2. The smallest absolute Gasteiger partial charge is 0.320 e. The first-order chi connectivity index (χ1) is 10.3. The lowest BCUT2D eigenvalue weighted by Gasteiger charge is -2.10. The molecule has 0 atom stereocenters. The van der Waals surface area contributed by atoms with E-state index in [0.717, 1.165) is 16.5 Å². The molecular weight excluding hydrogens is 284 g/mol. The summed E-state index contributed by atoms with van der Waals surface area (Å²) in [4.78, 5) is 20.4. The molecule has 0 aliphatic heterocycles. The Balaban J connectivity index is 2.09. The molecule has 0 bridgehead atoms. The summed E-state index contributed by atoms with van der Waals surface area (Å²) in [5, 5.41) is 10.5. The number of urea groups is 1. The largest absolute Gasteiger partial charge is 0.338 e. The van der Waals surface area contributed by atoms with Crippen LogP contribution in [0.5, 0.6) is 0 Å². The van der Waals surface area contributed by atoms with Gasteiger partial charge in [0.05, 0.1) is 0 Å². The number of hydrogen-bond acceptors (Lipinski definition) is 4. The topological polar surface area (TPSA) is 66.9 Å². The predicted molar refractivity (Wildman–Crippen MR) is 85.5 cm³/mol. The van der Waals surface area contributed by atoms with Crippen molar-refractivity contribution in [2.75, 3.05) is 11.9 Å². The van der Waals surface area contributed by atoms with Crippen molar-refractivity contribution in [1.82, 2.24) is 15.3 Å². The summed E-state index contributed by atoms with van der Waals surface area (Å²) < 4.78 is 0. The number of nitrogens with zero attached hydrogens (tertiary/aromatic N) is 2.